The summed E-state index contributed by atoms with van der Waals surface area (Å²) in [5, 5.41) is 3.52. The van der Waals surface area contributed by atoms with Crippen molar-refractivity contribution < 1.29 is 0 Å². The molecule has 1 saturated heterocycles. The molecule has 78 valence electrons. The molecule has 3 rings (SSSR count). The lowest BCUT2D eigenvalue weighted by molar-refractivity contribution is 0.519. The lowest BCUT2D eigenvalue weighted by Crippen LogP contribution is -2.26. The summed E-state index contributed by atoms with van der Waals surface area (Å²) in [6.45, 7) is 2.23. The number of nitrogens with zero attached hydrogens (tertiary/aromatic N) is 2. The minimum Gasteiger partial charge on any atom is -0.345 e. The first kappa shape index (κ1) is 8.92. The molecule has 1 fully saturated rings. The van der Waals surface area contributed by atoms with Gasteiger partial charge in [-0.2, -0.15) is 0 Å². The zero-order chi connectivity index (χ0) is 10.1. The standard InChI is InChI=1S/C12H15N3/c1-3-10(13-6-1)9-15-8-5-11-12(15)4-2-7-14-11/h2,4-5,7-8,10,13H,1,3,6,9H2. The highest BCUT2D eigenvalue weighted by atomic mass is 15.0. The van der Waals surface area contributed by atoms with Crippen LogP contribution in [0.25, 0.3) is 11.0 Å². The summed E-state index contributed by atoms with van der Waals surface area (Å²) in [5.74, 6) is 0. The van der Waals surface area contributed by atoms with Crippen molar-refractivity contribution in [3.63, 3.8) is 0 Å². The molecule has 15 heavy (non-hydrogen) atoms. The normalized spacial score (nSPS) is 21.2. The van der Waals surface area contributed by atoms with E-state index in [1.807, 2.05) is 12.3 Å². The Balaban J connectivity index is 1.90. The molecule has 3 heteroatoms. The molecular weight excluding hydrogens is 186 g/mol. The number of nitrogens with one attached hydrogen (secondary N) is 1. The first-order valence-electron chi connectivity index (χ1n) is 5.57. The summed E-state index contributed by atoms with van der Waals surface area (Å²) in [7, 11) is 0. The summed E-state index contributed by atoms with van der Waals surface area (Å²) in [4.78, 5) is 4.34. The summed E-state index contributed by atoms with van der Waals surface area (Å²) >= 11 is 0. The van der Waals surface area contributed by atoms with E-state index in [9.17, 15) is 0 Å². The molecule has 3 heterocycles. The summed E-state index contributed by atoms with van der Waals surface area (Å²) in [5.41, 5.74) is 2.33. The minimum atomic E-state index is 0.640. The van der Waals surface area contributed by atoms with Gasteiger partial charge in [0.15, 0.2) is 0 Å². The van der Waals surface area contributed by atoms with Gasteiger partial charge >= 0.3 is 0 Å². The van der Waals surface area contributed by atoms with E-state index in [0.717, 1.165) is 12.1 Å². The number of hydrogen-bond donors (Lipinski definition) is 1. The van der Waals surface area contributed by atoms with Gasteiger partial charge in [-0.25, -0.2) is 0 Å². The smallest absolute Gasteiger partial charge is 0.0880 e. The second-order valence-corrected chi connectivity index (χ2v) is 4.17. The molecule has 1 unspecified atom stereocenters. The van der Waals surface area contributed by atoms with Crippen LogP contribution in [0.2, 0.25) is 0 Å². The first-order valence-corrected chi connectivity index (χ1v) is 5.57. The van der Waals surface area contributed by atoms with E-state index in [2.05, 4.69) is 33.2 Å². The SMILES string of the molecule is c1cnc2ccn(CC3CCCN3)c2c1. The van der Waals surface area contributed by atoms with Crippen LogP contribution in [0.1, 0.15) is 12.8 Å². The zero-order valence-corrected chi connectivity index (χ0v) is 8.69. The van der Waals surface area contributed by atoms with E-state index in [0.29, 0.717) is 6.04 Å². The van der Waals surface area contributed by atoms with E-state index in [-0.39, 0.29) is 0 Å². The molecule has 1 atom stereocenters. The number of rotatable bonds is 2. The van der Waals surface area contributed by atoms with Gasteiger partial charge in [-0.15, -0.1) is 0 Å². The van der Waals surface area contributed by atoms with E-state index < -0.39 is 0 Å². The minimum absolute atomic E-state index is 0.640. The first-order chi connectivity index (χ1) is 7.43. The zero-order valence-electron chi connectivity index (χ0n) is 8.69. The summed E-state index contributed by atoms with van der Waals surface area (Å²) in [6, 6.07) is 6.86. The van der Waals surface area contributed by atoms with Gasteiger partial charge in [0.1, 0.15) is 0 Å². The average Bonchev–Trinajstić information content (AvgIpc) is 2.89. The lowest BCUT2D eigenvalue weighted by atomic mass is 10.2. The van der Waals surface area contributed by atoms with Crippen LogP contribution in [0, 0.1) is 0 Å². The molecule has 1 N–H and O–H groups in total. The average molecular weight is 201 g/mol. The van der Waals surface area contributed by atoms with Crippen LogP contribution in [0.15, 0.2) is 30.6 Å². The van der Waals surface area contributed by atoms with Crippen LogP contribution in [0.5, 0.6) is 0 Å². The molecule has 2 aromatic heterocycles. The fourth-order valence-electron chi connectivity index (χ4n) is 2.33. The Bertz CT molecular complexity index is 455. The second kappa shape index (κ2) is 3.66. The van der Waals surface area contributed by atoms with Crippen molar-refractivity contribution in [2.45, 2.75) is 25.4 Å². The van der Waals surface area contributed by atoms with Gasteiger partial charge in [-0.3, -0.25) is 4.98 Å². The van der Waals surface area contributed by atoms with Crippen LogP contribution in [-0.2, 0) is 6.54 Å². The monoisotopic (exact) mass is 201 g/mol. The fourth-order valence-corrected chi connectivity index (χ4v) is 2.33. The molecular formula is C12H15N3. The van der Waals surface area contributed by atoms with Crippen LogP contribution >= 0.6 is 0 Å². The number of hydrogen-bond acceptors (Lipinski definition) is 2. The third-order valence-electron chi connectivity index (χ3n) is 3.12. The number of fused-ring (bicyclic) bond motifs is 1. The molecule has 1 aliphatic rings. The third-order valence-corrected chi connectivity index (χ3v) is 3.12. The Labute approximate surface area is 89.1 Å². The van der Waals surface area contributed by atoms with Gasteiger partial charge in [0.25, 0.3) is 0 Å². The highest BCUT2D eigenvalue weighted by Gasteiger charge is 2.14. The molecule has 0 amide bonds. The predicted molar refractivity (Wildman–Crippen MR) is 60.8 cm³/mol. The molecule has 0 radical (unpaired) electrons. The number of aromatic nitrogens is 2. The molecule has 0 saturated carbocycles. The van der Waals surface area contributed by atoms with Gasteiger partial charge in [0.2, 0.25) is 0 Å². The van der Waals surface area contributed by atoms with E-state index >= 15 is 0 Å². The molecule has 1 aliphatic heterocycles. The van der Waals surface area contributed by atoms with Crippen molar-refractivity contribution in [2.75, 3.05) is 6.54 Å². The van der Waals surface area contributed by atoms with Crippen LogP contribution in [-0.4, -0.2) is 22.1 Å². The molecule has 0 spiro atoms. The largest absolute Gasteiger partial charge is 0.345 e. The van der Waals surface area contributed by atoms with Crippen molar-refractivity contribution in [3.8, 4) is 0 Å². The topological polar surface area (TPSA) is 29.9 Å². The van der Waals surface area contributed by atoms with E-state index in [1.165, 1.54) is 24.9 Å². The predicted octanol–water partition coefficient (Wildman–Crippen LogP) is 1.79. The molecule has 0 bridgehead atoms. The highest BCUT2D eigenvalue weighted by Crippen LogP contribution is 2.15. The Kier molecular flexibility index (Phi) is 2.18. The highest BCUT2D eigenvalue weighted by molar-refractivity contribution is 5.75. The van der Waals surface area contributed by atoms with Crippen LogP contribution < -0.4 is 5.32 Å². The molecule has 3 nitrogen and oxygen atoms in total. The lowest BCUT2D eigenvalue weighted by Gasteiger charge is -2.12. The number of pyridine rings is 1. The quantitative estimate of drug-likeness (QED) is 0.802. The van der Waals surface area contributed by atoms with Gasteiger partial charge in [-0.1, -0.05) is 0 Å². The third kappa shape index (κ3) is 1.63. The van der Waals surface area contributed by atoms with Crippen molar-refractivity contribution in [2.24, 2.45) is 0 Å². The van der Waals surface area contributed by atoms with Crippen LogP contribution in [0.4, 0.5) is 0 Å². The molecule has 0 aliphatic carbocycles. The maximum Gasteiger partial charge on any atom is 0.0880 e. The Morgan fingerprint density at radius 2 is 2.47 bits per heavy atom. The van der Waals surface area contributed by atoms with E-state index in [4.69, 9.17) is 0 Å². The van der Waals surface area contributed by atoms with E-state index in [1.54, 1.807) is 0 Å². The second-order valence-electron chi connectivity index (χ2n) is 4.17. The van der Waals surface area contributed by atoms with Gasteiger partial charge in [0, 0.05) is 25.0 Å². The van der Waals surface area contributed by atoms with Crippen LogP contribution in [0.3, 0.4) is 0 Å². The van der Waals surface area contributed by atoms with Crippen molar-refractivity contribution >= 4 is 11.0 Å². The maximum atomic E-state index is 4.34. The van der Waals surface area contributed by atoms with Crippen molar-refractivity contribution in [1.29, 1.82) is 0 Å². The van der Waals surface area contributed by atoms with Gasteiger partial charge < -0.3 is 9.88 Å². The van der Waals surface area contributed by atoms with Crippen molar-refractivity contribution in [1.82, 2.24) is 14.9 Å². The Morgan fingerprint density at radius 1 is 1.47 bits per heavy atom. The molecule has 2 aromatic rings. The summed E-state index contributed by atoms with van der Waals surface area (Å²) < 4.78 is 2.30. The van der Waals surface area contributed by atoms with Gasteiger partial charge in [0.05, 0.1) is 11.0 Å². The molecule has 0 aromatic carbocycles. The Hall–Kier alpha value is -1.35. The van der Waals surface area contributed by atoms with Gasteiger partial charge in [-0.05, 0) is 37.6 Å². The fraction of sp³-hybridized carbons (Fsp3) is 0.417. The Morgan fingerprint density at radius 3 is 3.33 bits per heavy atom. The maximum absolute atomic E-state index is 4.34. The summed E-state index contributed by atoms with van der Waals surface area (Å²) in [6.07, 6.45) is 6.58. The van der Waals surface area contributed by atoms with Crippen molar-refractivity contribution in [3.05, 3.63) is 30.6 Å².